The van der Waals surface area contributed by atoms with Gasteiger partial charge in [0.05, 0.1) is 0 Å². The van der Waals surface area contributed by atoms with E-state index in [0.717, 1.165) is 35.1 Å². The zero-order valence-electron chi connectivity index (χ0n) is 9.18. The van der Waals surface area contributed by atoms with E-state index in [1.807, 2.05) is 18.3 Å². The first-order chi connectivity index (χ1) is 7.90. The topological polar surface area (TPSA) is 50.7 Å². The zero-order valence-corrected chi connectivity index (χ0v) is 10.00. The first kappa shape index (κ1) is 11.2. The van der Waals surface area contributed by atoms with Gasteiger partial charge in [0.1, 0.15) is 10.0 Å². The molecule has 0 spiro atoms. The molecule has 2 aromatic heterocycles. The van der Waals surface area contributed by atoms with Gasteiger partial charge in [-0.25, -0.2) is 0 Å². The Morgan fingerprint density at radius 3 is 3.06 bits per heavy atom. The summed E-state index contributed by atoms with van der Waals surface area (Å²) >= 11 is 1.61. The summed E-state index contributed by atoms with van der Waals surface area (Å²) in [5.41, 5.74) is 1.03. The minimum atomic E-state index is 0.797. The average molecular weight is 234 g/mol. The molecule has 16 heavy (non-hydrogen) atoms. The maximum absolute atomic E-state index is 4.15. The number of nitrogens with one attached hydrogen (secondary N) is 1. The molecule has 2 aromatic rings. The summed E-state index contributed by atoms with van der Waals surface area (Å²) < 4.78 is 0. The van der Waals surface area contributed by atoms with Crippen molar-refractivity contribution in [1.82, 2.24) is 20.5 Å². The van der Waals surface area contributed by atoms with E-state index < -0.39 is 0 Å². The molecule has 84 valence electrons. The maximum Gasteiger partial charge on any atom is 0.149 e. The molecule has 1 N–H and O–H groups in total. The number of rotatable bonds is 5. The van der Waals surface area contributed by atoms with Crippen LogP contribution >= 0.6 is 11.3 Å². The fraction of sp³-hybridized carbons (Fsp3) is 0.364. The monoisotopic (exact) mass is 234 g/mol. The standard InChI is InChI=1S/C11H14N4S/c1-2-5-12-8-10-14-15-11(16-10)9-4-3-6-13-7-9/h3-4,6-7,12H,2,5,8H2,1H3. The van der Waals surface area contributed by atoms with E-state index in [1.165, 1.54) is 0 Å². The molecule has 0 aliphatic rings. The first-order valence-electron chi connectivity index (χ1n) is 5.33. The van der Waals surface area contributed by atoms with Gasteiger partial charge in [-0.3, -0.25) is 4.98 Å². The SMILES string of the molecule is CCCNCc1nnc(-c2cccnc2)s1. The summed E-state index contributed by atoms with van der Waals surface area (Å²) in [6.07, 6.45) is 4.70. The summed E-state index contributed by atoms with van der Waals surface area (Å²) in [7, 11) is 0. The molecule has 4 nitrogen and oxygen atoms in total. The van der Waals surface area contributed by atoms with Crippen molar-refractivity contribution in [3.63, 3.8) is 0 Å². The molecule has 0 saturated heterocycles. The van der Waals surface area contributed by atoms with Gasteiger partial charge in [0.25, 0.3) is 0 Å². The van der Waals surface area contributed by atoms with Crippen LogP contribution in [0.4, 0.5) is 0 Å². The molecule has 0 atom stereocenters. The van der Waals surface area contributed by atoms with Gasteiger partial charge >= 0.3 is 0 Å². The van der Waals surface area contributed by atoms with E-state index >= 15 is 0 Å². The van der Waals surface area contributed by atoms with Crippen LogP contribution in [0.25, 0.3) is 10.6 Å². The van der Waals surface area contributed by atoms with Crippen LogP contribution < -0.4 is 5.32 Å². The Kier molecular flexibility index (Phi) is 3.96. The first-order valence-corrected chi connectivity index (χ1v) is 6.15. The van der Waals surface area contributed by atoms with Crippen molar-refractivity contribution in [2.24, 2.45) is 0 Å². The van der Waals surface area contributed by atoms with Crippen LogP contribution in [0.3, 0.4) is 0 Å². The lowest BCUT2D eigenvalue weighted by Gasteiger charge is -1.96. The van der Waals surface area contributed by atoms with Crippen LogP contribution in [0.1, 0.15) is 18.4 Å². The van der Waals surface area contributed by atoms with Crippen LogP contribution in [0.5, 0.6) is 0 Å². The van der Waals surface area contributed by atoms with Gasteiger partial charge in [-0.05, 0) is 25.1 Å². The molecule has 0 aliphatic heterocycles. The van der Waals surface area contributed by atoms with Crippen molar-refractivity contribution in [3.05, 3.63) is 29.5 Å². The van der Waals surface area contributed by atoms with Crippen LogP contribution in [0, 0.1) is 0 Å². The van der Waals surface area contributed by atoms with Crippen LogP contribution in [-0.4, -0.2) is 21.7 Å². The van der Waals surface area contributed by atoms with E-state index in [9.17, 15) is 0 Å². The van der Waals surface area contributed by atoms with Gasteiger partial charge in [0, 0.05) is 24.5 Å². The van der Waals surface area contributed by atoms with Crippen molar-refractivity contribution in [2.75, 3.05) is 6.54 Å². The summed E-state index contributed by atoms with van der Waals surface area (Å²) in [5, 5.41) is 13.6. The van der Waals surface area contributed by atoms with Gasteiger partial charge in [-0.15, -0.1) is 10.2 Å². The maximum atomic E-state index is 4.15. The minimum absolute atomic E-state index is 0.797. The predicted molar refractivity (Wildman–Crippen MR) is 65.1 cm³/mol. The van der Waals surface area contributed by atoms with Gasteiger partial charge in [0.15, 0.2) is 0 Å². The fourth-order valence-corrected chi connectivity index (χ4v) is 2.10. The third-order valence-electron chi connectivity index (χ3n) is 2.08. The van der Waals surface area contributed by atoms with Crippen LogP contribution in [-0.2, 0) is 6.54 Å². The quantitative estimate of drug-likeness (QED) is 0.805. The number of hydrogen-bond acceptors (Lipinski definition) is 5. The number of pyridine rings is 1. The minimum Gasteiger partial charge on any atom is -0.310 e. The molecule has 0 unspecified atom stereocenters. The predicted octanol–water partition coefficient (Wildman–Crippen LogP) is 2.10. The highest BCUT2D eigenvalue weighted by Crippen LogP contribution is 2.21. The van der Waals surface area contributed by atoms with Gasteiger partial charge < -0.3 is 5.32 Å². The number of hydrogen-bond donors (Lipinski definition) is 1. The Morgan fingerprint density at radius 2 is 2.31 bits per heavy atom. The van der Waals surface area contributed by atoms with Gasteiger partial charge in [-0.2, -0.15) is 0 Å². The molecular formula is C11H14N4S. The Labute approximate surface area is 98.8 Å². The van der Waals surface area contributed by atoms with E-state index in [-0.39, 0.29) is 0 Å². The molecule has 5 heteroatoms. The molecule has 2 rings (SSSR count). The van der Waals surface area contributed by atoms with E-state index in [4.69, 9.17) is 0 Å². The third-order valence-corrected chi connectivity index (χ3v) is 3.05. The molecule has 0 bridgehead atoms. The highest BCUT2D eigenvalue weighted by Gasteiger charge is 2.05. The average Bonchev–Trinajstić information content (AvgIpc) is 2.79. The highest BCUT2D eigenvalue weighted by molar-refractivity contribution is 7.14. The molecule has 2 heterocycles. The number of aromatic nitrogens is 3. The largest absolute Gasteiger partial charge is 0.310 e. The fourth-order valence-electron chi connectivity index (χ4n) is 1.30. The van der Waals surface area contributed by atoms with Crippen molar-refractivity contribution in [1.29, 1.82) is 0 Å². The second-order valence-electron chi connectivity index (χ2n) is 3.42. The van der Waals surface area contributed by atoms with Crippen LogP contribution in [0.2, 0.25) is 0 Å². The third kappa shape index (κ3) is 2.84. The van der Waals surface area contributed by atoms with Crippen molar-refractivity contribution in [3.8, 4) is 10.6 Å². The smallest absolute Gasteiger partial charge is 0.149 e. The Morgan fingerprint density at radius 1 is 1.38 bits per heavy atom. The van der Waals surface area contributed by atoms with E-state index in [0.29, 0.717) is 0 Å². The van der Waals surface area contributed by atoms with Gasteiger partial charge in [-0.1, -0.05) is 18.3 Å². The second-order valence-corrected chi connectivity index (χ2v) is 4.48. The second kappa shape index (κ2) is 5.67. The molecular weight excluding hydrogens is 220 g/mol. The Bertz CT molecular complexity index is 427. The van der Waals surface area contributed by atoms with Crippen molar-refractivity contribution in [2.45, 2.75) is 19.9 Å². The molecule has 0 amide bonds. The van der Waals surface area contributed by atoms with Crippen LogP contribution in [0.15, 0.2) is 24.5 Å². The van der Waals surface area contributed by atoms with Gasteiger partial charge in [0.2, 0.25) is 0 Å². The molecule has 0 aliphatic carbocycles. The zero-order chi connectivity index (χ0) is 11.2. The lowest BCUT2D eigenvalue weighted by atomic mass is 10.3. The van der Waals surface area contributed by atoms with E-state index in [1.54, 1.807) is 17.5 Å². The summed E-state index contributed by atoms with van der Waals surface area (Å²) in [5.74, 6) is 0. The Hall–Kier alpha value is -1.33. The summed E-state index contributed by atoms with van der Waals surface area (Å²) in [4.78, 5) is 4.07. The number of nitrogens with zero attached hydrogens (tertiary/aromatic N) is 3. The highest BCUT2D eigenvalue weighted by atomic mass is 32.1. The lowest BCUT2D eigenvalue weighted by Crippen LogP contribution is -2.13. The summed E-state index contributed by atoms with van der Waals surface area (Å²) in [6, 6.07) is 3.91. The molecule has 0 aromatic carbocycles. The Balaban J connectivity index is 2.02. The molecule has 0 fully saturated rings. The van der Waals surface area contributed by atoms with Crippen molar-refractivity contribution >= 4 is 11.3 Å². The molecule has 0 saturated carbocycles. The summed E-state index contributed by atoms with van der Waals surface area (Å²) in [6.45, 7) is 3.96. The van der Waals surface area contributed by atoms with E-state index in [2.05, 4.69) is 27.4 Å². The molecule has 0 radical (unpaired) electrons. The lowest BCUT2D eigenvalue weighted by molar-refractivity contribution is 0.668. The van der Waals surface area contributed by atoms with Crippen molar-refractivity contribution < 1.29 is 0 Å². The normalized spacial score (nSPS) is 10.6.